The van der Waals surface area contributed by atoms with Crippen molar-refractivity contribution in [2.24, 2.45) is 17.6 Å². The molecule has 0 aromatic heterocycles. The summed E-state index contributed by atoms with van der Waals surface area (Å²) >= 11 is 0. The molecule has 0 aromatic carbocycles. The molecule has 1 saturated heterocycles. The molecule has 0 amide bonds. The van der Waals surface area contributed by atoms with Crippen LogP contribution in [0.2, 0.25) is 0 Å². The Morgan fingerprint density at radius 3 is 2.31 bits per heavy atom. The van der Waals surface area contributed by atoms with Crippen LogP contribution in [0.3, 0.4) is 0 Å². The van der Waals surface area contributed by atoms with Gasteiger partial charge in [-0.1, -0.05) is 19.3 Å². The lowest BCUT2D eigenvalue weighted by molar-refractivity contribution is 0.159. The van der Waals surface area contributed by atoms with Crippen LogP contribution in [0.4, 0.5) is 0 Å². The molecule has 1 atom stereocenters. The topological polar surface area (TPSA) is 29.3 Å². The van der Waals surface area contributed by atoms with Crippen molar-refractivity contribution in [1.82, 2.24) is 4.90 Å². The van der Waals surface area contributed by atoms with Gasteiger partial charge < -0.3 is 10.6 Å². The maximum Gasteiger partial charge on any atom is 0.00244 e. The Hall–Kier alpha value is -0.0800. The Balaban J connectivity index is 1.75. The van der Waals surface area contributed by atoms with Crippen LogP contribution < -0.4 is 5.73 Å². The molecular weight excluding hydrogens is 160 g/mol. The molecule has 76 valence electrons. The Kier molecular flexibility index (Phi) is 3.23. The third-order valence-corrected chi connectivity index (χ3v) is 3.81. The molecule has 1 aliphatic carbocycles. The van der Waals surface area contributed by atoms with E-state index in [0.717, 1.165) is 18.4 Å². The van der Waals surface area contributed by atoms with Gasteiger partial charge in [0.15, 0.2) is 0 Å². The second-order valence-corrected chi connectivity index (χ2v) is 4.69. The Bertz CT molecular complexity index is 148. The predicted molar refractivity (Wildman–Crippen MR) is 55.6 cm³/mol. The molecule has 1 heterocycles. The molecule has 2 rings (SSSR count). The van der Waals surface area contributed by atoms with E-state index in [4.69, 9.17) is 5.73 Å². The van der Waals surface area contributed by atoms with Gasteiger partial charge in [0.25, 0.3) is 0 Å². The minimum Gasteiger partial charge on any atom is -0.330 e. The number of hydrogen-bond acceptors (Lipinski definition) is 2. The molecule has 2 heteroatoms. The van der Waals surface area contributed by atoms with Gasteiger partial charge in [-0.3, -0.25) is 0 Å². The van der Waals surface area contributed by atoms with Crippen molar-refractivity contribution in [2.45, 2.75) is 32.1 Å². The fourth-order valence-corrected chi connectivity index (χ4v) is 2.62. The highest BCUT2D eigenvalue weighted by atomic mass is 15.1. The van der Waals surface area contributed by atoms with Crippen LogP contribution >= 0.6 is 0 Å². The molecule has 1 aliphatic heterocycles. The molecule has 2 nitrogen and oxygen atoms in total. The SMILES string of the molecule is NCC(CN1CCCC1)C1CCC1. The van der Waals surface area contributed by atoms with Crippen molar-refractivity contribution in [2.75, 3.05) is 26.2 Å². The maximum absolute atomic E-state index is 5.83. The van der Waals surface area contributed by atoms with E-state index in [9.17, 15) is 0 Å². The number of likely N-dealkylation sites (tertiary alicyclic amines) is 1. The van der Waals surface area contributed by atoms with E-state index in [1.54, 1.807) is 0 Å². The lowest BCUT2D eigenvalue weighted by Crippen LogP contribution is -2.37. The van der Waals surface area contributed by atoms with Gasteiger partial charge in [-0.25, -0.2) is 0 Å². The van der Waals surface area contributed by atoms with Crippen molar-refractivity contribution in [3.8, 4) is 0 Å². The molecule has 13 heavy (non-hydrogen) atoms. The standard InChI is InChI=1S/C11H22N2/c12-8-11(10-4-3-5-10)9-13-6-1-2-7-13/h10-11H,1-9,12H2. The van der Waals surface area contributed by atoms with Gasteiger partial charge >= 0.3 is 0 Å². The normalized spacial score (nSPS) is 27.5. The monoisotopic (exact) mass is 182 g/mol. The van der Waals surface area contributed by atoms with Crippen LogP contribution in [0.25, 0.3) is 0 Å². The molecule has 0 aromatic rings. The largest absolute Gasteiger partial charge is 0.330 e. The molecule has 0 bridgehead atoms. The van der Waals surface area contributed by atoms with Gasteiger partial charge in [0.1, 0.15) is 0 Å². The zero-order chi connectivity index (χ0) is 9.10. The van der Waals surface area contributed by atoms with E-state index in [0.29, 0.717) is 0 Å². The van der Waals surface area contributed by atoms with Crippen molar-refractivity contribution < 1.29 is 0 Å². The minimum atomic E-state index is 0.798. The fourth-order valence-electron chi connectivity index (χ4n) is 2.62. The Labute approximate surface area is 81.5 Å². The van der Waals surface area contributed by atoms with E-state index in [1.807, 2.05) is 0 Å². The zero-order valence-corrected chi connectivity index (χ0v) is 8.54. The summed E-state index contributed by atoms with van der Waals surface area (Å²) in [7, 11) is 0. The second kappa shape index (κ2) is 4.43. The van der Waals surface area contributed by atoms with Gasteiger partial charge in [-0.2, -0.15) is 0 Å². The van der Waals surface area contributed by atoms with Crippen LogP contribution in [0, 0.1) is 11.8 Å². The van der Waals surface area contributed by atoms with Crippen LogP contribution in [0.1, 0.15) is 32.1 Å². The predicted octanol–water partition coefficient (Wildman–Crippen LogP) is 1.46. The number of hydrogen-bond donors (Lipinski definition) is 1. The lowest BCUT2D eigenvalue weighted by Gasteiger charge is -2.35. The smallest absolute Gasteiger partial charge is 0.00244 e. The Morgan fingerprint density at radius 1 is 1.15 bits per heavy atom. The van der Waals surface area contributed by atoms with Crippen LogP contribution in [-0.2, 0) is 0 Å². The Morgan fingerprint density at radius 2 is 1.85 bits per heavy atom. The van der Waals surface area contributed by atoms with Crippen molar-refractivity contribution >= 4 is 0 Å². The van der Waals surface area contributed by atoms with Crippen LogP contribution in [0.5, 0.6) is 0 Å². The van der Waals surface area contributed by atoms with Gasteiger partial charge in [-0.05, 0) is 44.3 Å². The summed E-state index contributed by atoms with van der Waals surface area (Å²) in [6.45, 7) is 4.83. The number of nitrogens with two attached hydrogens (primary N) is 1. The van der Waals surface area contributed by atoms with E-state index in [2.05, 4.69) is 4.90 Å². The zero-order valence-electron chi connectivity index (χ0n) is 8.54. The van der Waals surface area contributed by atoms with Crippen molar-refractivity contribution in [3.05, 3.63) is 0 Å². The van der Waals surface area contributed by atoms with E-state index >= 15 is 0 Å². The molecule has 0 radical (unpaired) electrons. The summed E-state index contributed by atoms with van der Waals surface area (Å²) in [6, 6.07) is 0. The average molecular weight is 182 g/mol. The molecule has 0 spiro atoms. The maximum atomic E-state index is 5.83. The van der Waals surface area contributed by atoms with Gasteiger partial charge in [0.2, 0.25) is 0 Å². The van der Waals surface area contributed by atoms with Gasteiger partial charge in [-0.15, -0.1) is 0 Å². The second-order valence-electron chi connectivity index (χ2n) is 4.69. The first-order valence-electron chi connectivity index (χ1n) is 5.82. The first-order chi connectivity index (χ1) is 6.40. The average Bonchev–Trinajstić information content (AvgIpc) is 2.52. The minimum absolute atomic E-state index is 0.798. The molecule has 2 aliphatic rings. The van der Waals surface area contributed by atoms with E-state index < -0.39 is 0 Å². The highest BCUT2D eigenvalue weighted by molar-refractivity contribution is 4.81. The fraction of sp³-hybridized carbons (Fsp3) is 1.00. The summed E-state index contributed by atoms with van der Waals surface area (Å²) in [5, 5.41) is 0. The number of nitrogens with zero attached hydrogens (tertiary/aromatic N) is 1. The summed E-state index contributed by atoms with van der Waals surface area (Å²) in [5.74, 6) is 1.76. The van der Waals surface area contributed by atoms with E-state index in [1.165, 1.54) is 51.7 Å². The van der Waals surface area contributed by atoms with Crippen molar-refractivity contribution in [1.29, 1.82) is 0 Å². The summed E-state index contributed by atoms with van der Waals surface area (Å²) < 4.78 is 0. The highest BCUT2D eigenvalue weighted by Gasteiger charge is 2.28. The molecular formula is C11H22N2. The first kappa shape index (κ1) is 9.47. The first-order valence-corrected chi connectivity index (χ1v) is 5.82. The summed E-state index contributed by atoms with van der Waals surface area (Å²) in [6.07, 6.45) is 7.14. The lowest BCUT2D eigenvalue weighted by atomic mass is 9.75. The number of rotatable bonds is 4. The molecule has 2 fully saturated rings. The summed E-state index contributed by atoms with van der Waals surface area (Å²) in [4.78, 5) is 2.61. The van der Waals surface area contributed by atoms with Gasteiger partial charge in [0.05, 0.1) is 0 Å². The van der Waals surface area contributed by atoms with E-state index in [-0.39, 0.29) is 0 Å². The van der Waals surface area contributed by atoms with Gasteiger partial charge in [0, 0.05) is 6.54 Å². The third kappa shape index (κ3) is 2.23. The highest BCUT2D eigenvalue weighted by Crippen LogP contribution is 2.33. The van der Waals surface area contributed by atoms with Crippen LogP contribution in [0.15, 0.2) is 0 Å². The van der Waals surface area contributed by atoms with Crippen LogP contribution in [-0.4, -0.2) is 31.1 Å². The molecule has 1 unspecified atom stereocenters. The quantitative estimate of drug-likeness (QED) is 0.713. The molecule has 1 saturated carbocycles. The van der Waals surface area contributed by atoms with Crippen molar-refractivity contribution in [3.63, 3.8) is 0 Å². The third-order valence-electron chi connectivity index (χ3n) is 3.81. The molecule has 2 N–H and O–H groups in total. The summed E-state index contributed by atoms with van der Waals surface area (Å²) in [5.41, 5.74) is 5.83.